The molecule has 0 unspecified atom stereocenters. The Balaban J connectivity index is 1.56. The molecular weight excluding hydrogens is 369 g/mol. The van der Waals surface area contributed by atoms with Crippen molar-refractivity contribution in [1.82, 2.24) is 9.71 Å². The van der Waals surface area contributed by atoms with Gasteiger partial charge in [-0.2, -0.15) is 0 Å². The minimum absolute atomic E-state index is 0.245. The van der Waals surface area contributed by atoms with Gasteiger partial charge in [-0.25, -0.2) is 9.37 Å². The van der Waals surface area contributed by atoms with Crippen LogP contribution >= 0.6 is 0 Å². The number of rotatable bonds is 2. The lowest BCUT2D eigenvalue weighted by molar-refractivity contribution is 0.186. The number of pyridine rings is 2. The van der Waals surface area contributed by atoms with Gasteiger partial charge in [-0.05, 0) is 59.0 Å². The van der Waals surface area contributed by atoms with E-state index in [1.165, 1.54) is 23.8 Å². The molecule has 0 atom stereocenters. The summed E-state index contributed by atoms with van der Waals surface area (Å²) in [5, 5.41) is 10.7. The molecule has 0 amide bonds. The highest BCUT2D eigenvalue weighted by molar-refractivity contribution is 5.89. The maximum absolute atomic E-state index is 13.6. The van der Waals surface area contributed by atoms with Crippen LogP contribution in [0.1, 0.15) is 11.1 Å². The Morgan fingerprint density at radius 1 is 0.966 bits per heavy atom. The minimum atomic E-state index is -0.509. The van der Waals surface area contributed by atoms with Crippen molar-refractivity contribution in [3.63, 3.8) is 0 Å². The summed E-state index contributed by atoms with van der Waals surface area (Å²) in [5.41, 5.74) is 4.68. The number of benzene rings is 2. The molecule has 6 heteroatoms. The quantitative estimate of drug-likeness (QED) is 0.528. The van der Waals surface area contributed by atoms with E-state index in [0.29, 0.717) is 11.3 Å². The molecule has 3 heterocycles. The Labute approximate surface area is 166 Å². The predicted molar refractivity (Wildman–Crippen MR) is 110 cm³/mol. The minimum Gasteiger partial charge on any atom is -0.423 e. The fourth-order valence-electron chi connectivity index (χ4n) is 4.00. The maximum atomic E-state index is 13.6. The van der Waals surface area contributed by atoms with E-state index in [0.717, 1.165) is 40.7 Å². The molecule has 144 valence electrons. The Morgan fingerprint density at radius 3 is 2.69 bits per heavy atom. The van der Waals surface area contributed by atoms with E-state index in [-0.39, 0.29) is 11.5 Å². The van der Waals surface area contributed by atoms with E-state index >= 15 is 0 Å². The van der Waals surface area contributed by atoms with Crippen molar-refractivity contribution < 1.29 is 9.60 Å². The molecule has 0 spiro atoms. The molecule has 29 heavy (non-hydrogen) atoms. The van der Waals surface area contributed by atoms with Crippen molar-refractivity contribution in [2.24, 2.45) is 0 Å². The first-order valence-electron chi connectivity index (χ1n) is 9.43. The van der Waals surface area contributed by atoms with Gasteiger partial charge < -0.3 is 10.1 Å². The molecule has 2 aromatic heterocycles. The Kier molecular flexibility index (Phi) is 4.05. The van der Waals surface area contributed by atoms with E-state index in [2.05, 4.69) is 22.0 Å². The van der Waals surface area contributed by atoms with Gasteiger partial charge >= 0.3 is 0 Å². The molecule has 0 fully saturated rings. The highest BCUT2D eigenvalue weighted by Gasteiger charge is 2.21. The zero-order valence-electron chi connectivity index (χ0n) is 15.5. The lowest BCUT2D eigenvalue weighted by Gasteiger charge is -2.31. The first-order chi connectivity index (χ1) is 14.1. The summed E-state index contributed by atoms with van der Waals surface area (Å²) < 4.78 is 14.2. The monoisotopic (exact) mass is 387 g/mol. The van der Waals surface area contributed by atoms with Gasteiger partial charge in [0.05, 0.1) is 5.69 Å². The molecule has 1 aliphatic heterocycles. The largest absolute Gasteiger partial charge is 0.423 e. The van der Waals surface area contributed by atoms with Crippen molar-refractivity contribution in [3.8, 4) is 11.1 Å². The van der Waals surface area contributed by atoms with Crippen molar-refractivity contribution in [2.45, 2.75) is 13.0 Å². The molecule has 0 saturated heterocycles. The van der Waals surface area contributed by atoms with Gasteiger partial charge in [0.1, 0.15) is 5.82 Å². The Morgan fingerprint density at radius 2 is 1.83 bits per heavy atom. The first kappa shape index (κ1) is 17.4. The average molecular weight is 387 g/mol. The van der Waals surface area contributed by atoms with Crippen molar-refractivity contribution in [2.75, 3.05) is 11.4 Å². The summed E-state index contributed by atoms with van der Waals surface area (Å²) in [7, 11) is 0. The summed E-state index contributed by atoms with van der Waals surface area (Å²) in [6, 6.07) is 17.9. The van der Waals surface area contributed by atoms with Crippen LogP contribution in [0.5, 0.6) is 0 Å². The normalized spacial score (nSPS) is 13.5. The third-order valence-electron chi connectivity index (χ3n) is 5.45. The number of hydrogen-bond acceptors (Lipinski definition) is 4. The highest BCUT2D eigenvalue weighted by atomic mass is 19.1. The number of aromatic nitrogens is 2. The SMILES string of the molecule is O=c1cc(N2CCc3ccc(-c4cccc(F)c4)cc3C2)c2cccnc2n1O. The second-order valence-corrected chi connectivity index (χ2v) is 7.22. The maximum Gasteiger partial charge on any atom is 0.286 e. The van der Waals surface area contributed by atoms with Gasteiger partial charge in [-0.1, -0.05) is 24.3 Å². The summed E-state index contributed by atoms with van der Waals surface area (Å²) in [6.45, 7) is 1.38. The lowest BCUT2D eigenvalue weighted by atomic mass is 9.94. The fourth-order valence-corrected chi connectivity index (χ4v) is 4.00. The number of fused-ring (bicyclic) bond motifs is 2. The number of hydrogen-bond donors (Lipinski definition) is 1. The van der Waals surface area contributed by atoms with Gasteiger partial charge in [0.15, 0.2) is 5.65 Å². The van der Waals surface area contributed by atoms with Crippen molar-refractivity contribution in [1.29, 1.82) is 0 Å². The van der Waals surface area contributed by atoms with Gasteiger partial charge in [-0.3, -0.25) is 4.79 Å². The summed E-state index contributed by atoms with van der Waals surface area (Å²) in [6.07, 6.45) is 2.39. The fraction of sp³-hybridized carbons (Fsp3) is 0.130. The summed E-state index contributed by atoms with van der Waals surface area (Å²) >= 11 is 0. The summed E-state index contributed by atoms with van der Waals surface area (Å²) in [4.78, 5) is 18.5. The predicted octanol–water partition coefficient (Wildman–Crippen LogP) is 4.00. The van der Waals surface area contributed by atoms with Crippen LogP contribution in [0.2, 0.25) is 0 Å². The molecule has 1 aliphatic rings. The van der Waals surface area contributed by atoms with Gasteiger partial charge in [0, 0.05) is 30.7 Å². The van der Waals surface area contributed by atoms with Gasteiger partial charge in [-0.15, -0.1) is 4.73 Å². The van der Waals surface area contributed by atoms with Crippen LogP contribution in [0.3, 0.4) is 0 Å². The molecule has 0 saturated carbocycles. The van der Waals surface area contributed by atoms with Gasteiger partial charge in [0.2, 0.25) is 0 Å². The van der Waals surface area contributed by atoms with Crippen LogP contribution in [0.15, 0.2) is 71.7 Å². The standard InChI is InChI=1S/C23H18FN3O2/c24-19-4-1-3-16(12-19)17-7-6-15-8-10-26(14-18(15)11-17)21-13-22(28)27(29)23-20(21)5-2-9-25-23/h1-7,9,11-13,29H,8,10,14H2. The first-order valence-corrected chi connectivity index (χ1v) is 9.43. The highest BCUT2D eigenvalue weighted by Crippen LogP contribution is 2.31. The van der Waals surface area contributed by atoms with Crippen LogP contribution in [-0.4, -0.2) is 21.5 Å². The molecule has 4 aromatic rings. The van der Waals surface area contributed by atoms with E-state index < -0.39 is 5.56 Å². The molecule has 5 rings (SSSR count). The van der Waals surface area contributed by atoms with E-state index in [1.807, 2.05) is 18.2 Å². The summed E-state index contributed by atoms with van der Waals surface area (Å²) in [5.74, 6) is -0.259. The molecule has 0 radical (unpaired) electrons. The third-order valence-corrected chi connectivity index (χ3v) is 5.45. The molecule has 2 aromatic carbocycles. The zero-order chi connectivity index (χ0) is 20.0. The second kappa shape index (κ2) is 6.74. The van der Waals surface area contributed by atoms with E-state index in [1.54, 1.807) is 18.3 Å². The zero-order valence-corrected chi connectivity index (χ0v) is 15.5. The van der Waals surface area contributed by atoms with Crippen LogP contribution < -0.4 is 10.5 Å². The number of anilines is 1. The Hall–Kier alpha value is -3.67. The second-order valence-electron chi connectivity index (χ2n) is 7.22. The molecular formula is C23H18FN3O2. The average Bonchev–Trinajstić information content (AvgIpc) is 2.75. The molecule has 0 aliphatic carbocycles. The van der Waals surface area contributed by atoms with Crippen molar-refractivity contribution in [3.05, 3.63) is 94.2 Å². The van der Waals surface area contributed by atoms with Crippen LogP contribution in [-0.2, 0) is 13.0 Å². The molecule has 1 N–H and O–H groups in total. The van der Waals surface area contributed by atoms with E-state index in [4.69, 9.17) is 0 Å². The van der Waals surface area contributed by atoms with Gasteiger partial charge in [0.25, 0.3) is 5.56 Å². The number of nitrogens with zero attached hydrogens (tertiary/aromatic N) is 3. The van der Waals surface area contributed by atoms with Crippen LogP contribution in [0, 0.1) is 5.82 Å². The van der Waals surface area contributed by atoms with Crippen LogP contribution in [0.4, 0.5) is 10.1 Å². The topological polar surface area (TPSA) is 58.4 Å². The number of halogens is 1. The smallest absolute Gasteiger partial charge is 0.286 e. The lowest BCUT2D eigenvalue weighted by Crippen LogP contribution is -2.32. The van der Waals surface area contributed by atoms with Crippen LogP contribution in [0.25, 0.3) is 22.2 Å². The third kappa shape index (κ3) is 3.02. The Bertz CT molecular complexity index is 1300. The van der Waals surface area contributed by atoms with Crippen molar-refractivity contribution >= 4 is 16.7 Å². The molecule has 5 nitrogen and oxygen atoms in total. The molecule has 0 bridgehead atoms. The van der Waals surface area contributed by atoms with E-state index in [9.17, 15) is 14.4 Å².